The second-order valence-corrected chi connectivity index (χ2v) is 3.70. The number of ether oxygens (including phenoxy) is 1. The third-order valence-electron chi connectivity index (χ3n) is 2.44. The number of nitrogens with one attached hydrogen (secondary N) is 1. The van der Waals surface area contributed by atoms with Crippen molar-refractivity contribution in [2.24, 2.45) is 0 Å². The Bertz CT molecular complexity index is 627. The van der Waals surface area contributed by atoms with Gasteiger partial charge >= 0.3 is 5.97 Å². The van der Waals surface area contributed by atoms with E-state index in [-0.39, 0.29) is 12.0 Å². The number of aromatic amines is 1. The highest BCUT2D eigenvalue weighted by Crippen LogP contribution is 2.19. The van der Waals surface area contributed by atoms with Crippen LogP contribution in [0.3, 0.4) is 0 Å². The molecule has 1 aromatic carbocycles. The van der Waals surface area contributed by atoms with Gasteiger partial charge in [0.15, 0.2) is 0 Å². The predicted octanol–water partition coefficient (Wildman–Crippen LogP) is 0.801. The summed E-state index contributed by atoms with van der Waals surface area (Å²) < 4.78 is 6.41. The highest BCUT2D eigenvalue weighted by molar-refractivity contribution is 5.69. The van der Waals surface area contributed by atoms with E-state index >= 15 is 0 Å². The summed E-state index contributed by atoms with van der Waals surface area (Å²) in [5, 5.41) is 11.4. The minimum absolute atomic E-state index is 0.225. The molecule has 0 amide bonds. The second-order valence-electron chi connectivity index (χ2n) is 3.70. The average molecular weight is 248 g/mol. The van der Waals surface area contributed by atoms with Gasteiger partial charge in [-0.25, -0.2) is 4.68 Å². The van der Waals surface area contributed by atoms with E-state index in [0.29, 0.717) is 17.1 Å². The second kappa shape index (κ2) is 4.79. The van der Waals surface area contributed by atoms with E-state index in [1.165, 1.54) is 17.9 Å². The zero-order chi connectivity index (χ0) is 13.1. The normalized spacial score (nSPS) is 10.3. The molecule has 0 aliphatic heterocycles. The molecule has 0 saturated carbocycles. The Morgan fingerprint density at radius 1 is 1.44 bits per heavy atom. The lowest BCUT2D eigenvalue weighted by Crippen LogP contribution is -2.14. The van der Waals surface area contributed by atoms with E-state index in [0.717, 1.165) is 0 Å². The van der Waals surface area contributed by atoms with E-state index in [1.54, 1.807) is 24.3 Å². The summed E-state index contributed by atoms with van der Waals surface area (Å²) in [6.45, 7) is 0. The molecule has 2 rings (SSSR count). The summed E-state index contributed by atoms with van der Waals surface area (Å²) >= 11 is 0. The largest absolute Gasteiger partial charge is 0.494 e. The van der Waals surface area contributed by atoms with Crippen molar-refractivity contribution in [3.8, 4) is 11.4 Å². The number of nitrogens with zero attached hydrogens (tertiary/aromatic N) is 1. The third-order valence-corrected chi connectivity index (χ3v) is 2.44. The number of aliphatic carboxylic acids is 1. The van der Waals surface area contributed by atoms with Crippen LogP contribution in [-0.2, 0) is 11.2 Å². The first kappa shape index (κ1) is 12.0. The van der Waals surface area contributed by atoms with Crippen molar-refractivity contribution < 1.29 is 14.6 Å². The van der Waals surface area contributed by atoms with Gasteiger partial charge in [-0.2, -0.15) is 0 Å². The maximum atomic E-state index is 11.8. The topological polar surface area (TPSA) is 84.3 Å². The lowest BCUT2D eigenvalue weighted by molar-refractivity contribution is -0.136. The molecule has 0 saturated heterocycles. The predicted molar refractivity (Wildman–Crippen MR) is 64.3 cm³/mol. The minimum Gasteiger partial charge on any atom is -0.494 e. The number of methoxy groups -OCH3 is 1. The molecule has 2 aromatic rings. The molecular weight excluding hydrogens is 236 g/mol. The fourth-order valence-electron chi connectivity index (χ4n) is 1.69. The van der Waals surface area contributed by atoms with Crippen molar-refractivity contribution in [3.63, 3.8) is 0 Å². The van der Waals surface area contributed by atoms with E-state index in [2.05, 4.69) is 5.10 Å². The smallest absolute Gasteiger partial charge is 0.309 e. The lowest BCUT2D eigenvalue weighted by atomic mass is 10.3. The molecule has 0 bridgehead atoms. The van der Waals surface area contributed by atoms with Gasteiger partial charge in [-0.1, -0.05) is 12.1 Å². The SMILES string of the molecule is COc1ccccc1-n1[nH]c(CC(=O)O)cc1=O. The van der Waals surface area contributed by atoms with E-state index in [1.807, 2.05) is 0 Å². The van der Waals surface area contributed by atoms with Crippen LogP contribution in [0.25, 0.3) is 5.69 Å². The van der Waals surface area contributed by atoms with Crippen molar-refractivity contribution in [3.05, 3.63) is 46.4 Å². The fourth-order valence-corrected chi connectivity index (χ4v) is 1.69. The number of aromatic nitrogens is 2. The number of H-pyrrole nitrogens is 1. The average Bonchev–Trinajstić information content (AvgIpc) is 2.69. The molecule has 6 nitrogen and oxygen atoms in total. The molecule has 6 heteroatoms. The fraction of sp³-hybridized carbons (Fsp3) is 0.167. The number of hydrogen-bond acceptors (Lipinski definition) is 3. The monoisotopic (exact) mass is 248 g/mol. The van der Waals surface area contributed by atoms with Crippen molar-refractivity contribution in [1.29, 1.82) is 0 Å². The van der Waals surface area contributed by atoms with Crippen molar-refractivity contribution in [2.75, 3.05) is 7.11 Å². The summed E-state index contributed by atoms with van der Waals surface area (Å²) in [5.74, 6) is -0.466. The Morgan fingerprint density at radius 3 is 2.83 bits per heavy atom. The lowest BCUT2D eigenvalue weighted by Gasteiger charge is -2.07. The van der Waals surface area contributed by atoms with Crippen LogP contribution in [0.1, 0.15) is 5.69 Å². The molecular formula is C12H12N2O4. The molecule has 0 atom stereocenters. The maximum absolute atomic E-state index is 11.8. The van der Waals surface area contributed by atoms with Gasteiger partial charge in [0, 0.05) is 11.8 Å². The van der Waals surface area contributed by atoms with Gasteiger partial charge in [0.25, 0.3) is 5.56 Å². The molecule has 1 aromatic heterocycles. The number of carboxylic acids is 1. The Hall–Kier alpha value is -2.50. The van der Waals surface area contributed by atoms with Crippen LogP contribution >= 0.6 is 0 Å². The van der Waals surface area contributed by atoms with Gasteiger partial charge in [-0.05, 0) is 12.1 Å². The van der Waals surface area contributed by atoms with Crippen molar-refractivity contribution in [1.82, 2.24) is 9.78 Å². The summed E-state index contributed by atoms with van der Waals surface area (Å²) in [6.07, 6.45) is -0.225. The first-order chi connectivity index (χ1) is 8.61. The van der Waals surface area contributed by atoms with Gasteiger partial charge in [0.05, 0.1) is 13.5 Å². The number of rotatable bonds is 4. The van der Waals surface area contributed by atoms with Gasteiger partial charge in [-0.15, -0.1) is 0 Å². The molecule has 1 heterocycles. The van der Waals surface area contributed by atoms with E-state index < -0.39 is 5.97 Å². The van der Waals surface area contributed by atoms with Crippen molar-refractivity contribution in [2.45, 2.75) is 6.42 Å². The number of para-hydroxylation sites is 2. The zero-order valence-electron chi connectivity index (χ0n) is 9.71. The van der Waals surface area contributed by atoms with Crippen molar-refractivity contribution >= 4 is 5.97 Å². The van der Waals surface area contributed by atoms with Crippen LogP contribution in [-0.4, -0.2) is 28.0 Å². The van der Waals surface area contributed by atoms with Crippen LogP contribution in [0.15, 0.2) is 35.1 Å². The van der Waals surface area contributed by atoms with Crippen LogP contribution in [0, 0.1) is 0 Å². The minimum atomic E-state index is -0.997. The summed E-state index contributed by atoms with van der Waals surface area (Å²) in [4.78, 5) is 22.4. The molecule has 18 heavy (non-hydrogen) atoms. The third kappa shape index (κ3) is 2.27. The van der Waals surface area contributed by atoms with E-state index in [4.69, 9.17) is 9.84 Å². The number of benzene rings is 1. The Labute approximate surface area is 102 Å². The number of carbonyl (C=O) groups is 1. The van der Waals surface area contributed by atoms with Crippen LogP contribution in [0.2, 0.25) is 0 Å². The van der Waals surface area contributed by atoms with Crippen LogP contribution in [0.5, 0.6) is 5.75 Å². The quantitative estimate of drug-likeness (QED) is 0.838. The highest BCUT2D eigenvalue weighted by Gasteiger charge is 2.11. The Balaban J connectivity index is 2.48. The number of hydrogen-bond donors (Lipinski definition) is 2. The van der Waals surface area contributed by atoms with Gasteiger partial charge in [0.1, 0.15) is 11.4 Å². The van der Waals surface area contributed by atoms with E-state index in [9.17, 15) is 9.59 Å². The molecule has 94 valence electrons. The van der Waals surface area contributed by atoms with Crippen LogP contribution < -0.4 is 10.3 Å². The summed E-state index contributed by atoms with van der Waals surface area (Å²) in [6, 6.07) is 8.25. The zero-order valence-corrected chi connectivity index (χ0v) is 9.71. The van der Waals surface area contributed by atoms with Crippen LogP contribution in [0.4, 0.5) is 0 Å². The highest BCUT2D eigenvalue weighted by atomic mass is 16.5. The first-order valence-electron chi connectivity index (χ1n) is 5.28. The molecule has 0 fully saturated rings. The molecule has 0 aliphatic carbocycles. The van der Waals surface area contributed by atoms with Gasteiger partial charge in [-0.3, -0.25) is 14.7 Å². The first-order valence-corrected chi connectivity index (χ1v) is 5.28. The Morgan fingerprint density at radius 2 is 2.17 bits per heavy atom. The Kier molecular flexibility index (Phi) is 3.18. The van der Waals surface area contributed by atoms with Gasteiger partial charge in [0.2, 0.25) is 0 Å². The molecule has 0 radical (unpaired) electrons. The summed E-state index contributed by atoms with van der Waals surface area (Å²) in [7, 11) is 1.50. The molecule has 0 spiro atoms. The summed E-state index contributed by atoms with van der Waals surface area (Å²) in [5.41, 5.74) is 0.566. The molecule has 0 unspecified atom stereocenters. The van der Waals surface area contributed by atoms with Gasteiger partial charge < -0.3 is 9.84 Å². The standard InChI is InChI=1S/C12H12N2O4/c1-18-10-5-3-2-4-9(10)14-11(15)6-8(13-14)7-12(16)17/h2-6,13H,7H2,1H3,(H,16,17). The maximum Gasteiger partial charge on any atom is 0.309 e. The molecule has 0 aliphatic rings. The molecule has 2 N–H and O–H groups in total. The number of carboxylic acid groups (broad SMARTS) is 1.